The van der Waals surface area contributed by atoms with E-state index in [0.717, 1.165) is 0 Å². The number of hydrogen-bond donors (Lipinski definition) is 7. The fraction of sp³-hybridized carbons (Fsp3) is 0.818. The average Bonchev–Trinajstić information content (AvgIpc) is 2.40. The van der Waals surface area contributed by atoms with Gasteiger partial charge in [-0.15, -0.1) is 0 Å². The highest BCUT2D eigenvalue weighted by Gasteiger charge is 2.48. The monoisotopic (exact) mass is 308 g/mol. The van der Waals surface area contributed by atoms with Gasteiger partial charge in [0.25, 0.3) is 0 Å². The average molecular weight is 308 g/mol. The van der Waals surface area contributed by atoms with E-state index in [1.807, 2.05) is 0 Å². The van der Waals surface area contributed by atoms with Crippen LogP contribution in [-0.4, -0.2) is 80.7 Å². The molecule has 0 aromatic rings. The van der Waals surface area contributed by atoms with Gasteiger partial charge in [0, 0.05) is 6.42 Å². The van der Waals surface area contributed by atoms with Crippen molar-refractivity contribution in [3.8, 4) is 0 Å². The van der Waals surface area contributed by atoms with Gasteiger partial charge >= 0.3 is 5.97 Å². The molecular formula is C11H20N2O8. The number of carboxylic acids is 1. The number of amides is 1. The topological polar surface area (TPSA) is 183 Å². The van der Waals surface area contributed by atoms with Crippen molar-refractivity contribution in [1.29, 1.82) is 0 Å². The minimum atomic E-state index is -2.25. The van der Waals surface area contributed by atoms with E-state index in [2.05, 4.69) is 5.32 Å². The fourth-order valence-corrected chi connectivity index (χ4v) is 1.92. The van der Waals surface area contributed by atoms with Gasteiger partial charge in [-0.25, -0.2) is 0 Å². The zero-order chi connectivity index (χ0) is 16.2. The number of aliphatic carboxylic acids is 1. The van der Waals surface area contributed by atoms with E-state index in [4.69, 9.17) is 15.6 Å². The fourth-order valence-electron chi connectivity index (χ4n) is 1.92. The van der Waals surface area contributed by atoms with Crippen LogP contribution in [0.5, 0.6) is 0 Å². The molecule has 10 nitrogen and oxygen atoms in total. The summed E-state index contributed by atoms with van der Waals surface area (Å²) in [6, 6.07) is -1.19. The first-order chi connectivity index (χ1) is 9.67. The molecule has 1 amide bonds. The van der Waals surface area contributed by atoms with Gasteiger partial charge in [-0.2, -0.15) is 0 Å². The zero-order valence-corrected chi connectivity index (χ0v) is 11.2. The lowest BCUT2D eigenvalue weighted by Gasteiger charge is -2.42. The molecule has 1 aliphatic rings. The second-order valence-electron chi connectivity index (χ2n) is 4.94. The van der Waals surface area contributed by atoms with E-state index in [1.54, 1.807) is 0 Å². The third-order valence-corrected chi connectivity index (χ3v) is 3.26. The first kappa shape index (κ1) is 17.8. The Balaban J connectivity index is 2.61. The molecule has 0 bridgehead atoms. The third-order valence-electron chi connectivity index (χ3n) is 3.26. The summed E-state index contributed by atoms with van der Waals surface area (Å²) in [6.45, 7) is -0.941. The van der Waals surface area contributed by atoms with Crippen molar-refractivity contribution in [2.75, 3.05) is 13.2 Å². The summed E-state index contributed by atoms with van der Waals surface area (Å²) in [5, 5.41) is 49.9. The van der Waals surface area contributed by atoms with E-state index in [-0.39, 0.29) is 12.8 Å². The van der Waals surface area contributed by atoms with Gasteiger partial charge in [0.2, 0.25) is 11.7 Å². The van der Waals surface area contributed by atoms with Crippen LogP contribution in [0.2, 0.25) is 0 Å². The molecule has 1 heterocycles. The maximum atomic E-state index is 11.0. The second kappa shape index (κ2) is 7.11. The van der Waals surface area contributed by atoms with Gasteiger partial charge in [-0.3, -0.25) is 14.9 Å². The summed E-state index contributed by atoms with van der Waals surface area (Å²) in [7, 11) is 0. The highest BCUT2D eigenvalue weighted by molar-refractivity contribution is 5.77. The molecule has 0 aromatic carbocycles. The standard InChI is InChI=1S/C11H20N2O8/c12-7(15)2-1-5(10(18)19)13-4-11(20)9(17)8(16)6(14)3-21-11/h5-6,8-9,13-14,16-17,20H,1-4H2,(H2,12,15)(H,18,19). The van der Waals surface area contributed by atoms with Crippen LogP contribution in [-0.2, 0) is 14.3 Å². The van der Waals surface area contributed by atoms with Crippen molar-refractivity contribution < 1.29 is 39.9 Å². The van der Waals surface area contributed by atoms with Gasteiger partial charge in [-0.1, -0.05) is 0 Å². The Bertz CT molecular complexity index is 392. The lowest BCUT2D eigenvalue weighted by Crippen LogP contribution is -2.65. The Hall–Kier alpha value is -1.30. The molecule has 10 heteroatoms. The van der Waals surface area contributed by atoms with Crippen LogP contribution < -0.4 is 11.1 Å². The minimum Gasteiger partial charge on any atom is -0.480 e. The van der Waals surface area contributed by atoms with E-state index in [0.29, 0.717) is 0 Å². The number of carbonyl (C=O) groups is 2. The SMILES string of the molecule is NC(=O)CCC(NCC1(O)OCC(O)C(O)C1O)C(=O)O. The Morgan fingerprint density at radius 2 is 2.00 bits per heavy atom. The number of carboxylic acid groups (broad SMARTS) is 1. The predicted molar refractivity (Wildman–Crippen MR) is 66.8 cm³/mol. The molecule has 1 rings (SSSR count). The molecule has 0 radical (unpaired) electrons. The summed E-state index contributed by atoms with van der Waals surface area (Å²) in [5.74, 6) is -4.20. The number of aliphatic hydroxyl groups is 4. The van der Waals surface area contributed by atoms with Crippen molar-refractivity contribution >= 4 is 11.9 Å². The largest absolute Gasteiger partial charge is 0.480 e. The number of ether oxygens (including phenoxy) is 1. The van der Waals surface area contributed by atoms with Crippen molar-refractivity contribution in [3.63, 3.8) is 0 Å². The maximum absolute atomic E-state index is 11.0. The first-order valence-electron chi connectivity index (χ1n) is 6.32. The summed E-state index contributed by atoms with van der Waals surface area (Å²) >= 11 is 0. The molecule has 0 saturated carbocycles. The van der Waals surface area contributed by atoms with E-state index in [1.165, 1.54) is 0 Å². The highest BCUT2D eigenvalue weighted by atomic mass is 16.6. The molecule has 1 aliphatic heterocycles. The van der Waals surface area contributed by atoms with Crippen molar-refractivity contribution in [2.45, 2.75) is 43.0 Å². The molecular weight excluding hydrogens is 288 g/mol. The van der Waals surface area contributed by atoms with Crippen LogP contribution in [0, 0.1) is 0 Å². The number of rotatable bonds is 7. The van der Waals surface area contributed by atoms with Crippen LogP contribution >= 0.6 is 0 Å². The number of carbonyl (C=O) groups excluding carboxylic acids is 1. The number of nitrogens with one attached hydrogen (secondary N) is 1. The zero-order valence-electron chi connectivity index (χ0n) is 11.2. The van der Waals surface area contributed by atoms with Crippen molar-refractivity contribution in [2.24, 2.45) is 5.73 Å². The Morgan fingerprint density at radius 1 is 1.38 bits per heavy atom. The Kier molecular flexibility index (Phi) is 6.01. The number of aliphatic hydroxyl groups excluding tert-OH is 3. The van der Waals surface area contributed by atoms with Crippen LogP contribution in [0.15, 0.2) is 0 Å². The second-order valence-corrected chi connectivity index (χ2v) is 4.94. The van der Waals surface area contributed by atoms with Crippen LogP contribution in [0.1, 0.15) is 12.8 Å². The maximum Gasteiger partial charge on any atom is 0.320 e. The molecule has 1 saturated heterocycles. The Morgan fingerprint density at radius 3 is 2.52 bits per heavy atom. The number of nitrogens with two attached hydrogens (primary N) is 1. The lowest BCUT2D eigenvalue weighted by molar-refractivity contribution is -0.318. The van der Waals surface area contributed by atoms with Gasteiger partial charge < -0.3 is 36.0 Å². The number of primary amides is 1. The van der Waals surface area contributed by atoms with Crippen molar-refractivity contribution in [1.82, 2.24) is 5.32 Å². The molecule has 0 aliphatic carbocycles. The highest BCUT2D eigenvalue weighted by Crippen LogP contribution is 2.23. The van der Waals surface area contributed by atoms with E-state index < -0.39 is 55.2 Å². The molecule has 122 valence electrons. The molecule has 0 spiro atoms. The van der Waals surface area contributed by atoms with Crippen LogP contribution in [0.25, 0.3) is 0 Å². The quantitative estimate of drug-likeness (QED) is 0.247. The van der Waals surface area contributed by atoms with E-state index in [9.17, 15) is 30.0 Å². The van der Waals surface area contributed by atoms with Crippen LogP contribution in [0.4, 0.5) is 0 Å². The molecule has 5 atom stereocenters. The summed E-state index contributed by atoms with van der Waals surface area (Å²) in [4.78, 5) is 21.7. The summed E-state index contributed by atoms with van der Waals surface area (Å²) in [5.41, 5.74) is 4.93. The van der Waals surface area contributed by atoms with Gasteiger partial charge in [0.1, 0.15) is 24.4 Å². The molecule has 0 aromatic heterocycles. The third kappa shape index (κ3) is 4.59. The molecule has 1 fully saturated rings. The van der Waals surface area contributed by atoms with Gasteiger partial charge in [0.05, 0.1) is 13.2 Å². The summed E-state index contributed by atoms with van der Waals surface area (Å²) in [6.07, 6.45) is -5.08. The predicted octanol–water partition coefficient (Wildman–Crippen LogP) is -3.90. The van der Waals surface area contributed by atoms with Crippen molar-refractivity contribution in [3.05, 3.63) is 0 Å². The Labute approximate surface area is 120 Å². The van der Waals surface area contributed by atoms with Crippen LogP contribution in [0.3, 0.4) is 0 Å². The summed E-state index contributed by atoms with van der Waals surface area (Å²) < 4.78 is 4.86. The van der Waals surface area contributed by atoms with Gasteiger partial charge in [0.15, 0.2) is 0 Å². The minimum absolute atomic E-state index is 0.109. The van der Waals surface area contributed by atoms with E-state index >= 15 is 0 Å². The molecule has 21 heavy (non-hydrogen) atoms. The molecule has 5 unspecified atom stereocenters. The van der Waals surface area contributed by atoms with Gasteiger partial charge in [-0.05, 0) is 6.42 Å². The normalized spacial score (nSPS) is 34.4. The smallest absolute Gasteiger partial charge is 0.320 e. The lowest BCUT2D eigenvalue weighted by atomic mass is 9.96. The number of hydrogen-bond acceptors (Lipinski definition) is 8. The first-order valence-corrected chi connectivity index (χ1v) is 6.32. The molecule has 8 N–H and O–H groups in total.